The number of nitrogen functional groups attached to an aromatic ring is 2. The molecule has 57 heavy (non-hydrogen) atoms. The highest BCUT2D eigenvalue weighted by Gasteiger charge is 2.47. The van der Waals surface area contributed by atoms with Gasteiger partial charge in [0.05, 0.1) is 5.41 Å². The summed E-state index contributed by atoms with van der Waals surface area (Å²) < 4.78 is 98.0. The molecule has 10 heteroatoms. The fourth-order valence-electron chi connectivity index (χ4n) is 8.21. The van der Waals surface area contributed by atoms with Crippen LogP contribution >= 0.6 is 0 Å². The SMILES string of the molecule is CCc1cc(C2(c3cc(CC)c(Oc4ccc(N)cc4C(F)(F)F)c(CC)c3)c3ccccc3-c3ccccc32)cc(CC)c1Oc1ccc(N)cc1C(F)(F)F. The van der Waals surface area contributed by atoms with E-state index in [1.54, 1.807) is 0 Å². The van der Waals surface area contributed by atoms with Gasteiger partial charge in [0.15, 0.2) is 0 Å². The Morgan fingerprint density at radius 1 is 0.474 bits per heavy atom. The van der Waals surface area contributed by atoms with Crippen molar-refractivity contribution in [3.63, 3.8) is 0 Å². The Morgan fingerprint density at radius 3 is 1.12 bits per heavy atom. The molecule has 294 valence electrons. The molecule has 0 saturated carbocycles. The van der Waals surface area contributed by atoms with Crippen LogP contribution in [0.25, 0.3) is 11.1 Å². The van der Waals surface area contributed by atoms with E-state index >= 15 is 0 Å². The molecule has 0 aromatic heterocycles. The van der Waals surface area contributed by atoms with Crippen molar-refractivity contribution in [2.45, 2.75) is 71.1 Å². The quantitative estimate of drug-likeness (QED) is 0.107. The summed E-state index contributed by atoms with van der Waals surface area (Å²) in [7, 11) is 0. The van der Waals surface area contributed by atoms with Crippen LogP contribution in [0.3, 0.4) is 0 Å². The maximum atomic E-state index is 14.2. The summed E-state index contributed by atoms with van der Waals surface area (Å²) in [5, 5.41) is 0. The van der Waals surface area contributed by atoms with E-state index in [1.165, 1.54) is 24.3 Å². The standard InChI is InChI=1S/C47H42F6N2O2/c1-5-27-21-31(22-28(6-2)43(27)56-41-19-17-33(54)25-39(41)46(48,49)50)45(37-15-11-9-13-35(37)36-14-10-12-16-38(36)45)32-23-29(7-3)44(30(8-4)24-32)57-42-20-18-34(55)26-40(42)47(51,52)53/h9-26H,5-8,54-55H2,1-4H3. The average Bonchev–Trinajstić information content (AvgIpc) is 3.49. The minimum atomic E-state index is -4.70. The number of alkyl halides is 6. The van der Waals surface area contributed by atoms with Crippen molar-refractivity contribution in [3.8, 4) is 34.1 Å². The summed E-state index contributed by atoms with van der Waals surface area (Å²) in [6.45, 7) is 7.74. The van der Waals surface area contributed by atoms with Crippen LogP contribution < -0.4 is 20.9 Å². The molecular weight excluding hydrogens is 739 g/mol. The third kappa shape index (κ3) is 6.85. The minimum Gasteiger partial charge on any atom is -0.456 e. The largest absolute Gasteiger partial charge is 0.456 e. The molecule has 0 atom stereocenters. The maximum Gasteiger partial charge on any atom is 0.420 e. The van der Waals surface area contributed by atoms with Gasteiger partial charge < -0.3 is 20.9 Å². The van der Waals surface area contributed by atoms with Crippen molar-refractivity contribution in [3.05, 3.63) is 165 Å². The van der Waals surface area contributed by atoms with E-state index in [9.17, 15) is 26.3 Å². The van der Waals surface area contributed by atoms with Crippen molar-refractivity contribution < 1.29 is 35.8 Å². The van der Waals surface area contributed by atoms with E-state index in [0.717, 1.165) is 45.5 Å². The van der Waals surface area contributed by atoms with E-state index in [4.69, 9.17) is 20.9 Å². The number of rotatable bonds is 10. The maximum absolute atomic E-state index is 14.2. The second-order valence-corrected chi connectivity index (χ2v) is 14.2. The van der Waals surface area contributed by atoms with Gasteiger partial charge in [-0.3, -0.25) is 0 Å². The Labute approximate surface area is 328 Å². The molecule has 7 rings (SSSR count). The van der Waals surface area contributed by atoms with Crippen LogP contribution in [0.4, 0.5) is 37.7 Å². The third-order valence-electron chi connectivity index (χ3n) is 10.9. The van der Waals surface area contributed by atoms with Crippen molar-refractivity contribution in [1.29, 1.82) is 0 Å². The second kappa shape index (κ2) is 14.9. The van der Waals surface area contributed by atoms with Crippen molar-refractivity contribution in [2.75, 3.05) is 11.5 Å². The number of halogens is 6. The summed E-state index contributed by atoms with van der Waals surface area (Å²) in [5.41, 5.74) is 17.3. The number of anilines is 2. The number of benzene rings is 6. The number of aryl methyl sites for hydroxylation is 4. The number of ether oxygens (including phenoxy) is 2. The second-order valence-electron chi connectivity index (χ2n) is 14.2. The highest BCUT2D eigenvalue weighted by molar-refractivity contribution is 5.86. The van der Waals surface area contributed by atoms with Gasteiger partial charge in [0.1, 0.15) is 34.1 Å². The summed E-state index contributed by atoms with van der Waals surface area (Å²) in [6.07, 6.45) is -7.61. The van der Waals surface area contributed by atoms with Gasteiger partial charge >= 0.3 is 12.4 Å². The first kappa shape index (κ1) is 39.3. The first-order valence-corrected chi connectivity index (χ1v) is 19.0. The molecule has 0 fully saturated rings. The Morgan fingerprint density at radius 2 is 0.807 bits per heavy atom. The van der Waals surface area contributed by atoms with Gasteiger partial charge in [-0.1, -0.05) is 100 Å². The summed E-state index contributed by atoms with van der Waals surface area (Å²) in [5.74, 6) is 0.0197. The Bertz CT molecular complexity index is 2260. The third-order valence-corrected chi connectivity index (χ3v) is 10.9. The van der Waals surface area contributed by atoms with Gasteiger partial charge in [-0.2, -0.15) is 26.3 Å². The molecule has 6 aromatic rings. The lowest BCUT2D eigenvalue weighted by Crippen LogP contribution is -2.29. The topological polar surface area (TPSA) is 70.5 Å². The van der Waals surface area contributed by atoms with E-state index in [1.807, 2.05) is 76.2 Å². The zero-order chi connectivity index (χ0) is 40.9. The molecule has 0 amide bonds. The zero-order valence-corrected chi connectivity index (χ0v) is 32.0. The van der Waals surface area contributed by atoms with Crippen LogP contribution in [0.5, 0.6) is 23.0 Å². The Balaban J connectivity index is 1.50. The molecule has 0 spiro atoms. The fourth-order valence-corrected chi connectivity index (χ4v) is 8.21. The molecule has 6 aromatic carbocycles. The van der Waals surface area contributed by atoms with Crippen LogP contribution in [0.1, 0.15) is 83.3 Å². The molecule has 0 unspecified atom stereocenters. The monoisotopic (exact) mass is 780 g/mol. The lowest BCUT2D eigenvalue weighted by atomic mass is 9.66. The molecule has 0 saturated heterocycles. The number of nitrogens with two attached hydrogens (primary N) is 2. The van der Waals surface area contributed by atoms with Gasteiger partial charge in [0.2, 0.25) is 0 Å². The van der Waals surface area contributed by atoms with Crippen molar-refractivity contribution in [1.82, 2.24) is 0 Å². The van der Waals surface area contributed by atoms with Gasteiger partial charge in [-0.15, -0.1) is 0 Å². The predicted octanol–water partition coefficient (Wildman–Crippen LogP) is 13.1. The molecule has 1 aliphatic rings. The molecule has 0 heterocycles. The highest BCUT2D eigenvalue weighted by Crippen LogP contribution is 2.58. The molecule has 0 aliphatic heterocycles. The first-order valence-electron chi connectivity index (χ1n) is 19.0. The van der Waals surface area contributed by atoms with Gasteiger partial charge in [0, 0.05) is 11.4 Å². The first-order chi connectivity index (χ1) is 27.1. The van der Waals surface area contributed by atoms with Gasteiger partial charge in [0.25, 0.3) is 0 Å². The normalized spacial score (nSPS) is 13.3. The molecule has 4 nitrogen and oxygen atoms in total. The van der Waals surface area contributed by atoms with E-state index in [-0.39, 0.29) is 22.9 Å². The van der Waals surface area contributed by atoms with Gasteiger partial charge in [-0.05, 0) is 118 Å². The summed E-state index contributed by atoms with van der Waals surface area (Å²) in [4.78, 5) is 0. The van der Waals surface area contributed by atoms with Crippen LogP contribution in [0, 0.1) is 0 Å². The molecule has 1 aliphatic carbocycles. The van der Waals surface area contributed by atoms with Crippen molar-refractivity contribution in [2.24, 2.45) is 0 Å². The van der Waals surface area contributed by atoms with E-state index in [2.05, 4.69) is 24.3 Å². The zero-order valence-electron chi connectivity index (χ0n) is 32.0. The predicted molar refractivity (Wildman–Crippen MR) is 213 cm³/mol. The molecule has 0 bridgehead atoms. The highest BCUT2D eigenvalue weighted by atomic mass is 19.4. The Kier molecular flexibility index (Phi) is 10.3. The van der Waals surface area contributed by atoms with Crippen LogP contribution in [0.2, 0.25) is 0 Å². The molecule has 0 radical (unpaired) electrons. The average molecular weight is 781 g/mol. The van der Waals surface area contributed by atoms with Crippen LogP contribution in [-0.4, -0.2) is 0 Å². The number of hydrogen-bond acceptors (Lipinski definition) is 4. The molecule has 4 N–H and O–H groups in total. The van der Waals surface area contributed by atoms with Crippen molar-refractivity contribution >= 4 is 11.4 Å². The van der Waals surface area contributed by atoms with Crippen LogP contribution in [-0.2, 0) is 43.5 Å². The minimum absolute atomic E-state index is 0.0273. The Hall–Kier alpha value is -5.90. The lowest BCUT2D eigenvalue weighted by molar-refractivity contribution is -0.139. The van der Waals surface area contributed by atoms with E-state index < -0.39 is 28.9 Å². The summed E-state index contributed by atoms with van der Waals surface area (Å²) in [6, 6.07) is 31.4. The number of hydrogen-bond donors (Lipinski definition) is 2. The summed E-state index contributed by atoms with van der Waals surface area (Å²) >= 11 is 0. The van der Waals surface area contributed by atoms with E-state index in [0.29, 0.717) is 59.4 Å². The van der Waals surface area contributed by atoms with Crippen LogP contribution in [0.15, 0.2) is 109 Å². The molecular formula is C47H42F6N2O2. The fraction of sp³-hybridized carbons (Fsp3) is 0.234. The number of fused-ring (bicyclic) bond motifs is 3. The smallest absolute Gasteiger partial charge is 0.420 e. The van der Waals surface area contributed by atoms with Gasteiger partial charge in [-0.25, -0.2) is 0 Å². The lowest BCUT2D eigenvalue weighted by Gasteiger charge is -2.36.